The predicted molar refractivity (Wildman–Crippen MR) is 74.5 cm³/mol. The molecule has 0 spiro atoms. The third-order valence-corrected chi connectivity index (χ3v) is 3.90. The largest absolute Gasteiger partial charge is 0.317 e. The first-order valence-electron chi connectivity index (χ1n) is 7.30. The van der Waals surface area contributed by atoms with Crippen LogP contribution in [0.5, 0.6) is 0 Å². The molecule has 0 radical (unpaired) electrons. The lowest BCUT2D eigenvalue weighted by atomic mass is 9.90. The van der Waals surface area contributed by atoms with Gasteiger partial charge in [-0.25, -0.2) is 8.78 Å². The van der Waals surface area contributed by atoms with Crippen LogP contribution in [0, 0.1) is 5.92 Å². The summed E-state index contributed by atoms with van der Waals surface area (Å²) in [7, 11) is 0. The molecule has 1 saturated heterocycles. The maximum absolute atomic E-state index is 13.9. The van der Waals surface area contributed by atoms with Crippen molar-refractivity contribution in [3.8, 4) is 0 Å². The molecule has 1 aliphatic rings. The molecule has 1 aliphatic heterocycles. The summed E-state index contributed by atoms with van der Waals surface area (Å²) in [6.45, 7) is 3.90. The molecule has 1 aromatic carbocycles. The van der Waals surface area contributed by atoms with Crippen LogP contribution in [0.2, 0.25) is 0 Å². The zero-order valence-corrected chi connectivity index (χ0v) is 11.6. The molecule has 0 atom stereocenters. The molecule has 0 unspecified atom stereocenters. The number of halogens is 2. The summed E-state index contributed by atoms with van der Waals surface area (Å²) in [6, 6.07) is 7.02. The lowest BCUT2D eigenvalue weighted by Crippen LogP contribution is -2.28. The smallest absolute Gasteiger partial charge is 0.273 e. The van der Waals surface area contributed by atoms with Crippen LogP contribution >= 0.6 is 0 Å². The molecule has 1 N–H and O–H groups in total. The number of piperidine rings is 1. The van der Waals surface area contributed by atoms with Crippen LogP contribution in [0.15, 0.2) is 24.3 Å². The molecule has 1 aromatic rings. The van der Waals surface area contributed by atoms with Gasteiger partial charge in [0.1, 0.15) is 0 Å². The molecule has 2 rings (SSSR count). The van der Waals surface area contributed by atoms with Crippen molar-refractivity contribution < 1.29 is 8.78 Å². The second kappa shape index (κ2) is 6.47. The summed E-state index contributed by atoms with van der Waals surface area (Å²) in [5, 5.41) is 3.33. The minimum Gasteiger partial charge on any atom is -0.317 e. The van der Waals surface area contributed by atoms with Crippen LogP contribution in [-0.4, -0.2) is 13.1 Å². The zero-order valence-electron chi connectivity index (χ0n) is 11.6. The fourth-order valence-corrected chi connectivity index (χ4v) is 2.80. The summed E-state index contributed by atoms with van der Waals surface area (Å²) in [6.07, 6.45) is 3.66. The number of hydrogen-bond donors (Lipinski definition) is 1. The van der Waals surface area contributed by atoms with E-state index in [0.717, 1.165) is 37.9 Å². The Bertz CT molecular complexity index is 397. The van der Waals surface area contributed by atoms with Crippen LogP contribution in [0.25, 0.3) is 0 Å². The van der Waals surface area contributed by atoms with E-state index in [9.17, 15) is 8.78 Å². The maximum atomic E-state index is 13.9. The first kappa shape index (κ1) is 14.4. The van der Waals surface area contributed by atoms with Gasteiger partial charge in [0.25, 0.3) is 5.92 Å². The molecule has 19 heavy (non-hydrogen) atoms. The van der Waals surface area contributed by atoms with Gasteiger partial charge < -0.3 is 5.32 Å². The topological polar surface area (TPSA) is 12.0 Å². The van der Waals surface area contributed by atoms with E-state index in [2.05, 4.69) is 5.32 Å². The fourth-order valence-electron chi connectivity index (χ4n) is 2.80. The molecular weight excluding hydrogens is 244 g/mol. The van der Waals surface area contributed by atoms with Crippen molar-refractivity contribution in [1.82, 2.24) is 5.32 Å². The quantitative estimate of drug-likeness (QED) is 0.846. The van der Waals surface area contributed by atoms with Crippen molar-refractivity contribution in [3.05, 3.63) is 35.4 Å². The highest BCUT2D eigenvalue weighted by Crippen LogP contribution is 2.33. The van der Waals surface area contributed by atoms with E-state index in [4.69, 9.17) is 0 Å². The molecule has 0 aliphatic carbocycles. The highest BCUT2D eigenvalue weighted by atomic mass is 19.3. The van der Waals surface area contributed by atoms with E-state index in [-0.39, 0.29) is 12.0 Å². The average molecular weight is 267 g/mol. The number of hydrogen-bond acceptors (Lipinski definition) is 1. The van der Waals surface area contributed by atoms with Crippen molar-refractivity contribution in [3.63, 3.8) is 0 Å². The Morgan fingerprint density at radius 3 is 2.68 bits per heavy atom. The second-order valence-corrected chi connectivity index (χ2v) is 5.55. The fraction of sp³-hybridized carbons (Fsp3) is 0.625. The van der Waals surface area contributed by atoms with Crippen LogP contribution in [0.4, 0.5) is 8.78 Å². The van der Waals surface area contributed by atoms with E-state index in [1.54, 1.807) is 25.1 Å². The zero-order chi connectivity index (χ0) is 13.7. The Kier molecular flexibility index (Phi) is 4.92. The van der Waals surface area contributed by atoms with Gasteiger partial charge in [-0.1, -0.05) is 31.5 Å². The molecule has 1 nitrogen and oxygen atoms in total. The van der Waals surface area contributed by atoms with E-state index in [1.807, 2.05) is 6.07 Å². The maximum Gasteiger partial charge on any atom is 0.273 e. The van der Waals surface area contributed by atoms with E-state index < -0.39 is 5.92 Å². The molecule has 0 saturated carbocycles. The summed E-state index contributed by atoms with van der Waals surface area (Å²) in [5.41, 5.74) is 1.24. The molecule has 3 heteroatoms. The van der Waals surface area contributed by atoms with Crippen molar-refractivity contribution in [2.75, 3.05) is 13.1 Å². The predicted octanol–water partition coefficient (Wildman–Crippen LogP) is 4.12. The molecule has 106 valence electrons. The first-order valence-corrected chi connectivity index (χ1v) is 7.30. The molecule has 0 amide bonds. The van der Waals surface area contributed by atoms with Gasteiger partial charge in [0.05, 0.1) is 0 Å². The van der Waals surface area contributed by atoms with Crippen LogP contribution in [0.3, 0.4) is 0 Å². The molecule has 0 bridgehead atoms. The highest BCUT2D eigenvalue weighted by molar-refractivity contribution is 5.27. The van der Waals surface area contributed by atoms with Crippen molar-refractivity contribution >= 4 is 0 Å². The summed E-state index contributed by atoms with van der Waals surface area (Å²) in [4.78, 5) is 0. The first-order chi connectivity index (χ1) is 9.12. The third-order valence-electron chi connectivity index (χ3n) is 3.90. The number of rotatable bonds is 5. The number of benzene rings is 1. The summed E-state index contributed by atoms with van der Waals surface area (Å²) < 4.78 is 27.8. The minimum atomic E-state index is -2.68. The van der Waals surface area contributed by atoms with Gasteiger partial charge in [0.15, 0.2) is 0 Å². The summed E-state index contributed by atoms with van der Waals surface area (Å²) in [5.74, 6) is -2.05. The third kappa shape index (κ3) is 4.00. The molecule has 1 heterocycles. The molecule has 0 aromatic heterocycles. The standard InChI is InChI=1S/C16H23F2N/c1-2-8-16(17,18)15-5-3-4-14(12-15)11-13-6-9-19-10-7-13/h3-5,12-13,19H,2,6-11H2,1H3. The van der Waals surface area contributed by atoms with Gasteiger partial charge in [0.2, 0.25) is 0 Å². The van der Waals surface area contributed by atoms with E-state index in [0.29, 0.717) is 12.3 Å². The SMILES string of the molecule is CCCC(F)(F)c1cccc(CC2CCNCC2)c1. The van der Waals surface area contributed by atoms with E-state index in [1.165, 1.54) is 0 Å². The molecular formula is C16H23F2N. The monoisotopic (exact) mass is 267 g/mol. The Labute approximate surface area is 114 Å². The second-order valence-electron chi connectivity index (χ2n) is 5.55. The number of alkyl halides is 2. The van der Waals surface area contributed by atoms with Gasteiger partial charge >= 0.3 is 0 Å². The van der Waals surface area contributed by atoms with Crippen molar-refractivity contribution in [2.45, 2.75) is 45.0 Å². The number of nitrogens with one attached hydrogen (secondary N) is 1. The lowest BCUT2D eigenvalue weighted by molar-refractivity contribution is -0.0141. The normalized spacial score (nSPS) is 17.6. The Hall–Kier alpha value is -0.960. The summed E-state index contributed by atoms with van der Waals surface area (Å²) >= 11 is 0. The van der Waals surface area contributed by atoms with Crippen LogP contribution in [-0.2, 0) is 12.3 Å². The van der Waals surface area contributed by atoms with Crippen molar-refractivity contribution in [2.24, 2.45) is 5.92 Å². The van der Waals surface area contributed by atoms with Crippen LogP contribution < -0.4 is 5.32 Å². The average Bonchev–Trinajstić information content (AvgIpc) is 2.40. The van der Waals surface area contributed by atoms with Gasteiger partial charge in [-0.2, -0.15) is 0 Å². The van der Waals surface area contributed by atoms with Gasteiger partial charge in [-0.3, -0.25) is 0 Å². The molecule has 1 fully saturated rings. The Morgan fingerprint density at radius 2 is 2.00 bits per heavy atom. The minimum absolute atomic E-state index is 0.0657. The van der Waals surface area contributed by atoms with Gasteiger partial charge in [-0.05, 0) is 49.9 Å². The Balaban J connectivity index is 2.06. The highest BCUT2D eigenvalue weighted by Gasteiger charge is 2.30. The Morgan fingerprint density at radius 1 is 1.26 bits per heavy atom. The van der Waals surface area contributed by atoms with Gasteiger partial charge in [0, 0.05) is 12.0 Å². The van der Waals surface area contributed by atoms with Crippen molar-refractivity contribution in [1.29, 1.82) is 0 Å². The lowest BCUT2D eigenvalue weighted by Gasteiger charge is -2.23. The van der Waals surface area contributed by atoms with Gasteiger partial charge in [-0.15, -0.1) is 0 Å². The van der Waals surface area contributed by atoms with E-state index >= 15 is 0 Å². The van der Waals surface area contributed by atoms with Crippen LogP contribution in [0.1, 0.15) is 43.7 Å².